The molecule has 0 bridgehead atoms. The van der Waals surface area contributed by atoms with Crippen LogP contribution in [0.3, 0.4) is 0 Å². The van der Waals surface area contributed by atoms with Gasteiger partial charge in [-0.15, -0.1) is 0 Å². The van der Waals surface area contributed by atoms with E-state index in [-0.39, 0.29) is 35.5 Å². The van der Waals surface area contributed by atoms with Gasteiger partial charge in [-0.25, -0.2) is 0 Å². The summed E-state index contributed by atoms with van der Waals surface area (Å²) in [6, 6.07) is 0. The first-order valence-electron chi connectivity index (χ1n) is 35.1. The van der Waals surface area contributed by atoms with Crippen molar-refractivity contribution in [2.45, 2.75) is 315 Å². The van der Waals surface area contributed by atoms with Gasteiger partial charge in [0.1, 0.15) is 146 Å². The first-order valence-corrected chi connectivity index (χ1v) is 35.1. The van der Waals surface area contributed by atoms with E-state index in [1.807, 2.05) is 13.8 Å². The fourth-order valence-corrected chi connectivity index (χ4v) is 18.5. The molecular weight excluding hydrogens is 1340 g/mol. The Labute approximate surface area is 579 Å². The molecule has 100 heavy (non-hydrogen) atoms. The topological polar surface area (TPSA) is 556 Å². The summed E-state index contributed by atoms with van der Waals surface area (Å²) >= 11 is 0. The normalized spacial score (nSPS) is 52.1. The lowest BCUT2D eigenvalue weighted by atomic mass is 9.38. The van der Waals surface area contributed by atoms with Crippen LogP contribution < -0.4 is 0 Å². The lowest BCUT2D eigenvalue weighted by Gasteiger charge is -2.67. The first-order chi connectivity index (χ1) is 46.9. The fourth-order valence-electron chi connectivity index (χ4n) is 18.5. The average Bonchev–Trinajstić information content (AvgIpc) is 1.45. The molecule has 0 spiro atoms. The monoisotopic (exact) mass is 1450 g/mol. The van der Waals surface area contributed by atoms with Gasteiger partial charge in [0.15, 0.2) is 37.7 Å². The molecule has 0 radical (unpaired) electrons. The Hall–Kier alpha value is -1.62. The van der Waals surface area contributed by atoms with Crippen LogP contribution in [0, 0.1) is 45.3 Å². The van der Waals surface area contributed by atoms with Crippen LogP contribution in [0.15, 0.2) is 11.6 Å². The van der Waals surface area contributed by atoms with Crippen molar-refractivity contribution in [2.24, 2.45) is 45.3 Å². The van der Waals surface area contributed by atoms with E-state index in [0.29, 0.717) is 32.1 Å². The number of ether oxygens (including phenoxy) is 12. The summed E-state index contributed by atoms with van der Waals surface area (Å²) in [5.74, 6) is -0.192. The molecule has 10 rings (SSSR count). The van der Waals surface area contributed by atoms with E-state index < -0.39 is 264 Å². The second kappa shape index (κ2) is 31.5. The zero-order valence-electron chi connectivity index (χ0n) is 57.6. The van der Waals surface area contributed by atoms with Crippen molar-refractivity contribution in [2.75, 3.05) is 39.6 Å². The van der Waals surface area contributed by atoms with Crippen molar-refractivity contribution < 1.29 is 169 Å². The number of fused-ring (bicyclic) bond motifs is 5. The third kappa shape index (κ3) is 14.8. The van der Waals surface area contributed by atoms with E-state index in [1.165, 1.54) is 13.8 Å². The summed E-state index contributed by atoms with van der Waals surface area (Å²) in [6.45, 7) is 11.3. The third-order valence-electron chi connectivity index (χ3n) is 25.0. The summed E-state index contributed by atoms with van der Waals surface area (Å²) in [7, 11) is 0. The summed E-state index contributed by atoms with van der Waals surface area (Å²) in [5, 5.41) is 239. The van der Waals surface area contributed by atoms with Gasteiger partial charge in [-0.3, -0.25) is 0 Å². The fraction of sp³-hybridized carbons (Fsp3) is 0.970. The molecule has 34 nitrogen and oxygen atoms in total. The van der Waals surface area contributed by atoms with E-state index >= 15 is 0 Å². The number of aliphatic hydroxyl groups excluding tert-OH is 21. The second-order valence-corrected chi connectivity index (χ2v) is 31.5. The molecule has 6 aliphatic heterocycles. The van der Waals surface area contributed by atoms with Gasteiger partial charge in [0.2, 0.25) is 0 Å². The summed E-state index contributed by atoms with van der Waals surface area (Å²) in [6.07, 6.45) is -48.3. The molecule has 40 atom stereocenters. The maximum atomic E-state index is 12.9. The number of rotatable bonds is 23. The van der Waals surface area contributed by atoms with Crippen LogP contribution in [0.2, 0.25) is 0 Å². The number of aliphatic hydroxyl groups is 22. The van der Waals surface area contributed by atoms with E-state index in [2.05, 4.69) is 33.8 Å². The van der Waals surface area contributed by atoms with Crippen molar-refractivity contribution in [3.05, 3.63) is 11.6 Å². The van der Waals surface area contributed by atoms with Crippen LogP contribution in [-0.2, 0) is 56.8 Å². The molecule has 3 saturated carbocycles. The minimum Gasteiger partial charge on any atom is -0.394 e. The van der Waals surface area contributed by atoms with Gasteiger partial charge in [0, 0.05) is 10.8 Å². The number of hydrogen-bond acceptors (Lipinski definition) is 34. The van der Waals surface area contributed by atoms with Crippen molar-refractivity contribution in [3.8, 4) is 0 Å². The van der Waals surface area contributed by atoms with E-state index in [1.54, 1.807) is 0 Å². The van der Waals surface area contributed by atoms with Gasteiger partial charge in [-0.1, -0.05) is 53.2 Å². The van der Waals surface area contributed by atoms with Gasteiger partial charge >= 0.3 is 0 Å². The molecule has 0 aromatic carbocycles. The zero-order chi connectivity index (χ0) is 73.5. The molecule has 1 unspecified atom stereocenters. The molecule has 22 N–H and O–H groups in total. The Morgan fingerprint density at radius 2 is 0.860 bits per heavy atom. The van der Waals surface area contributed by atoms with Crippen LogP contribution in [0.4, 0.5) is 0 Å². The standard InChI is InChI=1S/C66H112O34/c1-24(9-13-37(63(4,5)88)98-61-55(100-59-53(87)46(80)40(74)30(20-69)93-59)49(83)43(77)33(96-61)22-89-56-50(84)44(78)38(72)28(18-67)91-56)25-15-16-64(6)34-12-10-26-27(66(34,8)35(71)17-65(25,64)7)11-14-36(62(26,2)3)97-57-51(85)47(81)42(76)32(95-57)23-90-60-54(48(82)41(75)31(21-70)94-60)99-58-52(86)45(79)39(73)29(19-68)92-58/h10,24-25,27-61,67-88H,9,11-23H2,1-8H3/t24-,25-,27?,28-,29-,30-,31-,32-,33-,34+,35-,36+,37-,38-,39-,40-,41-,42-,43-,44+,45+,46+,47+,48+,49+,50-,51-,52-,53-,54-,55-,56-,57+,58+,59+,60-,61+,64+,65-,66+/m1/s1. The Morgan fingerprint density at radius 3 is 1.35 bits per heavy atom. The van der Waals surface area contributed by atoms with Gasteiger partial charge in [-0.05, 0) is 99.7 Å². The maximum absolute atomic E-state index is 12.9. The average molecular weight is 1450 g/mol. The van der Waals surface area contributed by atoms with Crippen molar-refractivity contribution >= 4 is 0 Å². The predicted molar refractivity (Wildman–Crippen MR) is 333 cm³/mol. The summed E-state index contributed by atoms with van der Waals surface area (Å²) in [5.41, 5.74) is -2.78. The molecule has 0 aromatic rings. The molecule has 9 fully saturated rings. The molecule has 0 amide bonds. The van der Waals surface area contributed by atoms with E-state index in [9.17, 15) is 112 Å². The Balaban J connectivity index is 0.812. The number of allylic oxidation sites excluding steroid dienone is 1. The smallest absolute Gasteiger partial charge is 0.187 e. The maximum Gasteiger partial charge on any atom is 0.187 e. The molecular formula is C66H112O34. The Morgan fingerprint density at radius 1 is 0.460 bits per heavy atom. The van der Waals surface area contributed by atoms with Gasteiger partial charge in [-0.2, -0.15) is 0 Å². The van der Waals surface area contributed by atoms with Crippen molar-refractivity contribution in [3.63, 3.8) is 0 Å². The highest BCUT2D eigenvalue weighted by molar-refractivity contribution is 5.32. The Bertz CT molecular complexity index is 2670. The SMILES string of the molecule is C[C@H](CC[C@@H](O[C@@H]1O[C@H](CO[C@@H]2O[C@H](CO)[C@@H](O)[C@H](O)[C@H]2O)[C@@H](O)[C@H](O)[C@H]1O[C@@H]1O[C@H](CO)[C@@H](O)[C@H](O)[C@H]1O)C(C)(C)O)[C@H]1CC[C@@]2(C)[C@@H]3CC=C4C(CC[C@H](O[C@@H]5O[C@H](CO[C@@H]6O[C@H](CO)[C@@H](O)[C@H](O)[C@H]6O[C@@H]6O[C@H](CO)[C@@H](O)[C@H](O)[C@H]6O)[C@@H](O)[C@H](O)[C@H]5O)C4(C)C)[C@]3(C)[C@H](O)C[C@]12C. The quantitative estimate of drug-likeness (QED) is 0.0423. The molecule has 0 aromatic heterocycles. The molecule has 6 saturated heterocycles. The van der Waals surface area contributed by atoms with Crippen LogP contribution in [0.1, 0.15) is 107 Å². The van der Waals surface area contributed by atoms with E-state index in [4.69, 9.17) is 56.8 Å². The lowest BCUT2D eigenvalue weighted by Crippen LogP contribution is -2.65. The molecule has 10 aliphatic rings. The number of hydrogen-bond donors (Lipinski definition) is 22. The van der Waals surface area contributed by atoms with Crippen LogP contribution in [0.5, 0.6) is 0 Å². The largest absolute Gasteiger partial charge is 0.394 e. The predicted octanol–water partition coefficient (Wildman–Crippen LogP) is -7.58. The van der Waals surface area contributed by atoms with Gasteiger partial charge < -0.3 is 169 Å². The van der Waals surface area contributed by atoms with Crippen LogP contribution in [-0.4, -0.2) is 360 Å². The highest BCUT2D eigenvalue weighted by Crippen LogP contribution is 2.75. The lowest BCUT2D eigenvalue weighted by molar-refractivity contribution is -0.380. The van der Waals surface area contributed by atoms with Crippen molar-refractivity contribution in [1.82, 2.24) is 0 Å². The molecule has 34 heteroatoms. The minimum absolute atomic E-state index is 0.0165. The first kappa shape index (κ1) is 80.9. The summed E-state index contributed by atoms with van der Waals surface area (Å²) < 4.78 is 71.4. The minimum atomic E-state index is -1.98. The van der Waals surface area contributed by atoms with Gasteiger partial charge in [0.05, 0.1) is 63.6 Å². The molecule has 4 aliphatic carbocycles. The highest BCUT2D eigenvalue weighted by atomic mass is 16.8. The van der Waals surface area contributed by atoms with E-state index in [0.717, 1.165) is 18.4 Å². The molecule has 6 heterocycles. The third-order valence-corrected chi connectivity index (χ3v) is 25.0. The zero-order valence-corrected chi connectivity index (χ0v) is 57.6. The Kier molecular flexibility index (Phi) is 25.5. The van der Waals surface area contributed by atoms with Crippen LogP contribution >= 0.6 is 0 Å². The van der Waals surface area contributed by atoms with Crippen LogP contribution in [0.25, 0.3) is 0 Å². The highest BCUT2D eigenvalue weighted by Gasteiger charge is 2.71. The second-order valence-electron chi connectivity index (χ2n) is 31.5. The van der Waals surface area contributed by atoms with Crippen molar-refractivity contribution in [1.29, 1.82) is 0 Å². The molecule has 580 valence electrons. The van der Waals surface area contributed by atoms with Gasteiger partial charge in [0.25, 0.3) is 0 Å². The summed E-state index contributed by atoms with van der Waals surface area (Å²) in [4.78, 5) is 0.